The van der Waals surface area contributed by atoms with E-state index in [9.17, 15) is 17.2 Å². The molecule has 0 saturated heterocycles. The van der Waals surface area contributed by atoms with Gasteiger partial charge in [-0.1, -0.05) is 24.3 Å². The second-order valence-electron chi connectivity index (χ2n) is 7.45. The van der Waals surface area contributed by atoms with Gasteiger partial charge in [0.1, 0.15) is 17.4 Å². The van der Waals surface area contributed by atoms with Crippen molar-refractivity contribution >= 4 is 10.0 Å². The van der Waals surface area contributed by atoms with Crippen LogP contribution in [0, 0.1) is 11.6 Å². The van der Waals surface area contributed by atoms with Gasteiger partial charge < -0.3 is 10.1 Å². The maximum atomic E-state index is 14.6. The molecule has 1 N–H and O–H groups in total. The fourth-order valence-corrected chi connectivity index (χ4v) is 5.10. The number of hydrogen-bond donors (Lipinski definition) is 1. The van der Waals surface area contributed by atoms with Crippen LogP contribution in [0.2, 0.25) is 0 Å². The zero-order valence-electron chi connectivity index (χ0n) is 18.0. The highest BCUT2D eigenvalue weighted by Gasteiger charge is 2.23. The fraction of sp³-hybridized carbons (Fsp3) is 0.120. The van der Waals surface area contributed by atoms with E-state index in [1.165, 1.54) is 49.7 Å². The van der Waals surface area contributed by atoms with Crippen LogP contribution in [-0.2, 0) is 16.6 Å². The number of methoxy groups -OCH3 is 1. The first-order chi connectivity index (χ1) is 15.8. The third-order valence-electron chi connectivity index (χ3n) is 5.20. The van der Waals surface area contributed by atoms with Gasteiger partial charge in [-0.05, 0) is 66.2 Å². The number of nitrogens with zero attached hydrogens (tertiary/aromatic N) is 1. The molecule has 0 bridgehead atoms. The van der Waals surface area contributed by atoms with E-state index in [1.807, 2.05) is 0 Å². The van der Waals surface area contributed by atoms with Gasteiger partial charge in [-0.3, -0.25) is 0 Å². The van der Waals surface area contributed by atoms with Crippen molar-refractivity contribution in [2.45, 2.75) is 11.4 Å². The normalized spacial score (nSPS) is 11.5. The van der Waals surface area contributed by atoms with E-state index >= 15 is 0 Å². The SMILES string of the molecule is CNCc1cc(-c2ccccc2F)n(S(=O)(=O)c2cccc(-c3cc(F)cc(OC)c3)c2)c1. The summed E-state index contributed by atoms with van der Waals surface area (Å²) in [4.78, 5) is -0.00701. The monoisotopic (exact) mass is 468 g/mol. The molecular formula is C25H22F2N2O3S. The molecule has 33 heavy (non-hydrogen) atoms. The summed E-state index contributed by atoms with van der Waals surface area (Å²) in [6.07, 6.45) is 1.48. The summed E-state index contributed by atoms with van der Waals surface area (Å²) >= 11 is 0. The minimum Gasteiger partial charge on any atom is -0.497 e. The Morgan fingerprint density at radius 3 is 2.45 bits per heavy atom. The average molecular weight is 469 g/mol. The Balaban J connectivity index is 1.86. The van der Waals surface area contributed by atoms with E-state index in [1.54, 1.807) is 43.4 Å². The lowest BCUT2D eigenvalue weighted by molar-refractivity contribution is 0.411. The van der Waals surface area contributed by atoms with Crippen LogP contribution in [0.25, 0.3) is 22.4 Å². The minimum absolute atomic E-state index is 0.00701. The van der Waals surface area contributed by atoms with Crippen LogP contribution in [0.15, 0.2) is 83.9 Å². The zero-order chi connectivity index (χ0) is 23.6. The molecule has 4 aromatic rings. The lowest BCUT2D eigenvalue weighted by Gasteiger charge is -2.13. The number of benzene rings is 3. The zero-order valence-corrected chi connectivity index (χ0v) is 18.9. The highest BCUT2D eigenvalue weighted by atomic mass is 32.2. The maximum Gasteiger partial charge on any atom is 0.268 e. The molecule has 0 unspecified atom stereocenters. The Bertz CT molecular complexity index is 1410. The number of nitrogens with one attached hydrogen (secondary N) is 1. The van der Waals surface area contributed by atoms with E-state index in [-0.39, 0.29) is 16.2 Å². The molecule has 0 aliphatic rings. The number of ether oxygens (including phenoxy) is 1. The summed E-state index contributed by atoms with van der Waals surface area (Å²) in [6.45, 7) is 0.410. The van der Waals surface area contributed by atoms with Crippen LogP contribution >= 0.6 is 0 Å². The molecule has 4 rings (SSSR count). The Kier molecular flexibility index (Phi) is 6.31. The summed E-state index contributed by atoms with van der Waals surface area (Å²) in [5.41, 5.74) is 2.06. The van der Waals surface area contributed by atoms with Crippen LogP contribution in [0.1, 0.15) is 5.56 Å². The van der Waals surface area contributed by atoms with Crippen LogP contribution in [0.5, 0.6) is 5.75 Å². The molecule has 1 aromatic heterocycles. The summed E-state index contributed by atoms with van der Waals surface area (Å²) < 4.78 is 62.1. The summed E-state index contributed by atoms with van der Waals surface area (Å²) in [5.74, 6) is -0.701. The lowest BCUT2D eigenvalue weighted by atomic mass is 10.1. The Morgan fingerprint density at radius 2 is 1.73 bits per heavy atom. The fourth-order valence-electron chi connectivity index (χ4n) is 3.66. The second kappa shape index (κ2) is 9.17. The quantitative estimate of drug-likeness (QED) is 0.412. The molecule has 0 atom stereocenters. The van der Waals surface area contributed by atoms with Crippen molar-refractivity contribution in [2.75, 3.05) is 14.2 Å². The Hall–Kier alpha value is -3.49. The standard InChI is InChI=1S/C25H22F2N2O3S/c1-28-15-17-10-25(23-8-3-4-9-24(23)27)29(16-17)33(30,31)22-7-5-6-18(13-22)19-11-20(26)14-21(12-19)32-2/h3-14,16,28H,15H2,1-2H3. The Labute approximate surface area is 191 Å². The second-order valence-corrected chi connectivity index (χ2v) is 9.27. The van der Waals surface area contributed by atoms with Gasteiger partial charge in [-0.25, -0.2) is 21.2 Å². The molecule has 1 heterocycles. The van der Waals surface area contributed by atoms with Gasteiger partial charge in [0.2, 0.25) is 0 Å². The van der Waals surface area contributed by atoms with Crippen molar-refractivity contribution in [2.24, 2.45) is 0 Å². The van der Waals surface area contributed by atoms with Crippen molar-refractivity contribution in [3.05, 3.63) is 96.2 Å². The van der Waals surface area contributed by atoms with Crippen LogP contribution in [0.3, 0.4) is 0 Å². The molecule has 8 heteroatoms. The Morgan fingerprint density at radius 1 is 0.939 bits per heavy atom. The largest absolute Gasteiger partial charge is 0.497 e. The molecule has 0 spiro atoms. The van der Waals surface area contributed by atoms with Crippen molar-refractivity contribution < 1.29 is 21.9 Å². The first kappa shape index (κ1) is 22.7. The summed E-state index contributed by atoms with van der Waals surface area (Å²) in [6, 6.07) is 18.0. The summed E-state index contributed by atoms with van der Waals surface area (Å²) in [5, 5.41) is 2.98. The third kappa shape index (κ3) is 4.53. The molecule has 3 aromatic carbocycles. The minimum atomic E-state index is -4.09. The molecule has 0 radical (unpaired) electrons. The van der Waals surface area contributed by atoms with E-state index < -0.39 is 21.7 Å². The molecule has 170 valence electrons. The average Bonchev–Trinajstić information content (AvgIpc) is 3.24. The van der Waals surface area contributed by atoms with Crippen LogP contribution in [0.4, 0.5) is 8.78 Å². The third-order valence-corrected chi connectivity index (χ3v) is 6.87. The molecular weight excluding hydrogens is 446 g/mol. The van der Waals surface area contributed by atoms with Gasteiger partial charge in [0.25, 0.3) is 10.0 Å². The van der Waals surface area contributed by atoms with Gasteiger partial charge in [0.15, 0.2) is 0 Å². The van der Waals surface area contributed by atoms with Crippen molar-refractivity contribution in [1.29, 1.82) is 0 Å². The molecule has 5 nitrogen and oxygen atoms in total. The number of rotatable bonds is 7. The van der Waals surface area contributed by atoms with Gasteiger partial charge in [0.05, 0.1) is 17.7 Å². The van der Waals surface area contributed by atoms with Crippen molar-refractivity contribution in [1.82, 2.24) is 9.29 Å². The van der Waals surface area contributed by atoms with E-state index in [2.05, 4.69) is 5.32 Å². The predicted molar refractivity (Wildman–Crippen MR) is 124 cm³/mol. The topological polar surface area (TPSA) is 60.3 Å². The number of hydrogen-bond acceptors (Lipinski definition) is 4. The summed E-state index contributed by atoms with van der Waals surface area (Å²) in [7, 11) is -0.921. The lowest BCUT2D eigenvalue weighted by Crippen LogP contribution is -2.14. The first-order valence-electron chi connectivity index (χ1n) is 10.1. The molecule has 0 amide bonds. The molecule has 0 saturated carbocycles. The highest BCUT2D eigenvalue weighted by molar-refractivity contribution is 7.90. The van der Waals surface area contributed by atoms with Crippen LogP contribution in [-0.4, -0.2) is 26.5 Å². The van der Waals surface area contributed by atoms with Crippen molar-refractivity contribution in [3.63, 3.8) is 0 Å². The van der Waals surface area contributed by atoms with E-state index in [0.29, 0.717) is 29.0 Å². The van der Waals surface area contributed by atoms with E-state index in [0.717, 1.165) is 3.97 Å². The molecule has 0 fully saturated rings. The van der Waals surface area contributed by atoms with Gasteiger partial charge >= 0.3 is 0 Å². The highest BCUT2D eigenvalue weighted by Crippen LogP contribution is 2.31. The molecule has 0 aliphatic carbocycles. The van der Waals surface area contributed by atoms with Crippen molar-refractivity contribution in [3.8, 4) is 28.1 Å². The number of aromatic nitrogens is 1. The molecule has 0 aliphatic heterocycles. The van der Waals surface area contributed by atoms with Gasteiger partial charge in [0, 0.05) is 24.4 Å². The van der Waals surface area contributed by atoms with Gasteiger partial charge in [-0.15, -0.1) is 0 Å². The maximum absolute atomic E-state index is 14.6. The number of halogens is 2. The smallest absolute Gasteiger partial charge is 0.268 e. The first-order valence-corrected chi connectivity index (χ1v) is 11.6. The van der Waals surface area contributed by atoms with E-state index in [4.69, 9.17) is 4.74 Å². The predicted octanol–water partition coefficient (Wildman–Crippen LogP) is 5.07. The van der Waals surface area contributed by atoms with Crippen LogP contribution < -0.4 is 10.1 Å². The van der Waals surface area contributed by atoms with Gasteiger partial charge in [-0.2, -0.15) is 0 Å².